The van der Waals surface area contributed by atoms with E-state index in [-0.39, 0.29) is 5.78 Å². The quantitative estimate of drug-likeness (QED) is 0.693. The predicted molar refractivity (Wildman–Crippen MR) is 88.4 cm³/mol. The third-order valence-electron chi connectivity index (χ3n) is 3.73. The molecule has 6 heteroatoms. The first kappa shape index (κ1) is 14.9. The van der Waals surface area contributed by atoms with Gasteiger partial charge in [0.2, 0.25) is 0 Å². The van der Waals surface area contributed by atoms with Gasteiger partial charge in [-0.2, -0.15) is 5.10 Å². The van der Waals surface area contributed by atoms with Crippen molar-refractivity contribution in [1.82, 2.24) is 19.7 Å². The van der Waals surface area contributed by atoms with Gasteiger partial charge in [0.1, 0.15) is 12.1 Å². The number of carbonyl (C=O) groups excluding carboxylic acids is 1. The summed E-state index contributed by atoms with van der Waals surface area (Å²) in [4.78, 5) is 22.1. The summed E-state index contributed by atoms with van der Waals surface area (Å²) in [5.41, 5.74) is 2.39. The molecule has 0 unspecified atom stereocenters. The van der Waals surface area contributed by atoms with Crippen molar-refractivity contribution in [2.75, 3.05) is 11.9 Å². The van der Waals surface area contributed by atoms with Gasteiger partial charge in [0.05, 0.1) is 17.5 Å². The molecule has 0 saturated heterocycles. The smallest absolute Gasteiger partial charge is 0.163 e. The van der Waals surface area contributed by atoms with Gasteiger partial charge < -0.3 is 4.90 Å². The molecular formula is C17H17N5O. The molecule has 3 rings (SSSR count). The van der Waals surface area contributed by atoms with Gasteiger partial charge in [0.25, 0.3) is 0 Å². The number of benzene rings is 1. The second-order valence-electron chi connectivity index (χ2n) is 5.24. The van der Waals surface area contributed by atoms with Gasteiger partial charge in [-0.05, 0) is 26.0 Å². The van der Waals surface area contributed by atoms with Crippen molar-refractivity contribution < 1.29 is 4.79 Å². The molecule has 1 aromatic carbocycles. The molecule has 23 heavy (non-hydrogen) atoms. The van der Waals surface area contributed by atoms with Gasteiger partial charge in [0, 0.05) is 18.8 Å². The van der Waals surface area contributed by atoms with E-state index >= 15 is 0 Å². The monoisotopic (exact) mass is 307 g/mol. The zero-order valence-corrected chi connectivity index (χ0v) is 13.3. The van der Waals surface area contributed by atoms with Crippen LogP contribution in [0.1, 0.15) is 23.0 Å². The number of Topliss-reactive ketones (excluding diaryl/α,β-unsaturated/α-hetero) is 1. The highest BCUT2D eigenvalue weighted by atomic mass is 16.1. The Labute approximate surface area is 134 Å². The first-order valence-corrected chi connectivity index (χ1v) is 7.24. The first-order valence-electron chi connectivity index (χ1n) is 7.24. The Morgan fingerprint density at radius 2 is 1.91 bits per heavy atom. The molecule has 0 spiro atoms. The van der Waals surface area contributed by atoms with Crippen LogP contribution >= 0.6 is 0 Å². The van der Waals surface area contributed by atoms with Crippen molar-refractivity contribution in [3.8, 4) is 5.82 Å². The highest BCUT2D eigenvalue weighted by Crippen LogP contribution is 2.22. The van der Waals surface area contributed by atoms with E-state index in [9.17, 15) is 4.79 Å². The summed E-state index contributed by atoms with van der Waals surface area (Å²) in [6.07, 6.45) is 3.07. The maximum Gasteiger partial charge on any atom is 0.163 e. The van der Waals surface area contributed by atoms with Crippen LogP contribution in [-0.4, -0.2) is 32.6 Å². The average Bonchev–Trinajstić information content (AvgIpc) is 2.97. The van der Waals surface area contributed by atoms with E-state index in [2.05, 4.69) is 15.1 Å². The lowest BCUT2D eigenvalue weighted by Gasteiger charge is -2.18. The van der Waals surface area contributed by atoms with E-state index in [0.29, 0.717) is 11.4 Å². The molecule has 2 aromatic heterocycles. The maximum absolute atomic E-state index is 11.6. The summed E-state index contributed by atoms with van der Waals surface area (Å²) in [7, 11) is 1.94. The third-order valence-corrected chi connectivity index (χ3v) is 3.73. The van der Waals surface area contributed by atoms with Crippen molar-refractivity contribution in [1.29, 1.82) is 0 Å². The maximum atomic E-state index is 11.6. The molecule has 2 heterocycles. The Kier molecular flexibility index (Phi) is 3.89. The number of hydrogen-bond acceptors (Lipinski definition) is 5. The van der Waals surface area contributed by atoms with Gasteiger partial charge in [-0.15, -0.1) is 0 Å². The lowest BCUT2D eigenvalue weighted by molar-refractivity contribution is 0.101. The Morgan fingerprint density at radius 3 is 2.57 bits per heavy atom. The molecule has 0 bridgehead atoms. The van der Waals surface area contributed by atoms with E-state index in [1.54, 1.807) is 10.9 Å². The van der Waals surface area contributed by atoms with Crippen molar-refractivity contribution >= 4 is 17.3 Å². The molecule has 0 radical (unpaired) electrons. The number of rotatable bonds is 4. The van der Waals surface area contributed by atoms with Crippen molar-refractivity contribution in [3.63, 3.8) is 0 Å². The molecule has 3 aromatic rings. The van der Waals surface area contributed by atoms with Crippen LogP contribution in [0.5, 0.6) is 0 Å². The lowest BCUT2D eigenvalue weighted by Crippen LogP contribution is -2.13. The van der Waals surface area contributed by atoms with Crippen LogP contribution in [0.3, 0.4) is 0 Å². The fourth-order valence-corrected chi connectivity index (χ4v) is 2.41. The SMILES string of the molecule is CC(=O)c1cnn(-c2cc(N(C)c3ccccc3)ncn2)c1C. The van der Waals surface area contributed by atoms with Crippen LogP contribution in [0.2, 0.25) is 0 Å². The second-order valence-corrected chi connectivity index (χ2v) is 5.24. The van der Waals surface area contributed by atoms with E-state index in [0.717, 1.165) is 17.2 Å². The minimum absolute atomic E-state index is 0.00978. The number of aromatic nitrogens is 4. The standard InChI is InChI=1S/C17H17N5O/c1-12-15(13(2)23)10-20-22(12)17-9-16(18-11-19-17)21(3)14-7-5-4-6-8-14/h4-11H,1-3H3. The van der Waals surface area contributed by atoms with Crippen LogP contribution in [-0.2, 0) is 0 Å². The molecule has 6 nitrogen and oxygen atoms in total. The van der Waals surface area contributed by atoms with Crippen molar-refractivity contribution in [2.24, 2.45) is 0 Å². The molecule has 0 N–H and O–H groups in total. The third kappa shape index (κ3) is 2.83. The van der Waals surface area contributed by atoms with Crippen LogP contribution < -0.4 is 4.90 Å². The van der Waals surface area contributed by atoms with Crippen LogP contribution in [0.25, 0.3) is 5.82 Å². The summed E-state index contributed by atoms with van der Waals surface area (Å²) >= 11 is 0. The molecule has 0 amide bonds. The summed E-state index contributed by atoms with van der Waals surface area (Å²) < 4.78 is 1.65. The van der Waals surface area contributed by atoms with Crippen molar-refractivity contribution in [2.45, 2.75) is 13.8 Å². The highest BCUT2D eigenvalue weighted by molar-refractivity contribution is 5.95. The fourth-order valence-electron chi connectivity index (χ4n) is 2.41. The topological polar surface area (TPSA) is 63.9 Å². The minimum atomic E-state index is -0.00978. The Balaban J connectivity index is 1.99. The summed E-state index contributed by atoms with van der Waals surface area (Å²) in [6.45, 7) is 3.38. The minimum Gasteiger partial charge on any atom is -0.329 e. The van der Waals surface area contributed by atoms with Crippen LogP contribution in [0, 0.1) is 6.92 Å². The Bertz CT molecular complexity index is 841. The van der Waals surface area contributed by atoms with E-state index < -0.39 is 0 Å². The average molecular weight is 307 g/mol. The zero-order chi connectivity index (χ0) is 16.4. The van der Waals surface area contributed by atoms with Crippen molar-refractivity contribution in [3.05, 3.63) is 60.2 Å². The van der Waals surface area contributed by atoms with Crippen LogP contribution in [0.15, 0.2) is 48.9 Å². The highest BCUT2D eigenvalue weighted by Gasteiger charge is 2.14. The number of nitrogens with zero attached hydrogens (tertiary/aromatic N) is 5. The largest absolute Gasteiger partial charge is 0.329 e. The molecule has 0 fully saturated rings. The van der Waals surface area contributed by atoms with Gasteiger partial charge in [-0.1, -0.05) is 18.2 Å². The normalized spacial score (nSPS) is 10.6. The number of para-hydroxylation sites is 1. The van der Waals surface area contributed by atoms with Gasteiger partial charge in [-0.25, -0.2) is 14.6 Å². The summed E-state index contributed by atoms with van der Waals surface area (Å²) in [6, 6.07) is 11.8. The Hall–Kier alpha value is -3.02. The van der Waals surface area contributed by atoms with E-state index in [1.807, 2.05) is 55.3 Å². The van der Waals surface area contributed by atoms with Crippen LogP contribution in [0.4, 0.5) is 11.5 Å². The summed E-state index contributed by atoms with van der Waals surface area (Å²) in [5, 5.41) is 4.27. The zero-order valence-electron chi connectivity index (χ0n) is 13.3. The number of hydrogen-bond donors (Lipinski definition) is 0. The fraction of sp³-hybridized carbons (Fsp3) is 0.176. The molecule has 0 aliphatic carbocycles. The summed E-state index contributed by atoms with van der Waals surface area (Å²) in [5.74, 6) is 1.37. The number of ketones is 1. The number of carbonyl (C=O) groups is 1. The first-order chi connectivity index (χ1) is 11.1. The molecule has 0 aliphatic rings. The van der Waals surface area contributed by atoms with E-state index in [4.69, 9.17) is 0 Å². The van der Waals surface area contributed by atoms with Gasteiger partial charge in [-0.3, -0.25) is 4.79 Å². The molecular weight excluding hydrogens is 290 g/mol. The van der Waals surface area contributed by atoms with E-state index in [1.165, 1.54) is 13.3 Å². The molecule has 0 atom stereocenters. The molecule has 0 saturated carbocycles. The molecule has 116 valence electrons. The molecule has 0 aliphatic heterocycles. The van der Waals surface area contributed by atoms with Gasteiger partial charge >= 0.3 is 0 Å². The second kappa shape index (κ2) is 6.00. The Morgan fingerprint density at radius 1 is 1.17 bits per heavy atom. The predicted octanol–water partition coefficient (Wildman–Crippen LogP) is 2.94. The van der Waals surface area contributed by atoms with Gasteiger partial charge in [0.15, 0.2) is 11.6 Å². The number of anilines is 2. The lowest BCUT2D eigenvalue weighted by atomic mass is 10.2.